The van der Waals surface area contributed by atoms with Crippen LogP contribution in [0.2, 0.25) is 0 Å². The molecule has 3 amide bonds. The topological polar surface area (TPSA) is 92.1 Å². The fourth-order valence-electron chi connectivity index (χ4n) is 4.73. The van der Waals surface area contributed by atoms with E-state index in [-0.39, 0.29) is 29.7 Å². The van der Waals surface area contributed by atoms with Gasteiger partial charge in [-0.25, -0.2) is 0 Å². The lowest BCUT2D eigenvalue weighted by molar-refractivity contribution is -0.134. The molecule has 0 radical (unpaired) electrons. The van der Waals surface area contributed by atoms with Crippen molar-refractivity contribution in [3.05, 3.63) is 60.1 Å². The number of methoxy groups -OCH3 is 1. The molecule has 34 heavy (non-hydrogen) atoms. The minimum Gasteiger partial charge on any atom is -0.497 e. The molecule has 1 N–H and O–H groups in total. The number of hydrogen-bond acceptors (Lipinski definition) is 5. The van der Waals surface area contributed by atoms with Crippen LogP contribution in [0.1, 0.15) is 30.6 Å². The predicted octanol–water partition coefficient (Wildman–Crippen LogP) is 2.50. The Morgan fingerprint density at radius 2 is 1.82 bits per heavy atom. The SMILES string of the molecule is COc1cccc(CC(=O)N2CCC3(CC2)CCN(C(=O)CNC(=O)C=Cc2ccco2)C3)c1. The molecule has 0 aliphatic carbocycles. The maximum Gasteiger partial charge on any atom is 0.244 e. The number of hydrogen-bond donors (Lipinski definition) is 1. The maximum absolute atomic E-state index is 12.8. The zero-order valence-electron chi connectivity index (χ0n) is 19.5. The van der Waals surface area contributed by atoms with Crippen LogP contribution in [-0.2, 0) is 20.8 Å². The second kappa shape index (κ2) is 10.6. The zero-order valence-corrected chi connectivity index (χ0v) is 19.5. The molecule has 8 nitrogen and oxygen atoms in total. The van der Waals surface area contributed by atoms with Crippen LogP contribution in [0.15, 0.2) is 53.2 Å². The molecule has 2 fully saturated rings. The molecule has 2 aliphatic rings. The highest BCUT2D eigenvalue weighted by atomic mass is 16.5. The van der Waals surface area contributed by atoms with E-state index in [1.807, 2.05) is 34.1 Å². The first kappa shape index (κ1) is 23.6. The molecule has 2 saturated heterocycles. The normalized spacial score (nSPS) is 17.3. The van der Waals surface area contributed by atoms with Crippen molar-refractivity contribution in [2.75, 3.05) is 39.8 Å². The first-order chi connectivity index (χ1) is 16.5. The highest BCUT2D eigenvalue weighted by Gasteiger charge is 2.42. The van der Waals surface area contributed by atoms with Gasteiger partial charge in [0.2, 0.25) is 17.7 Å². The molecule has 1 aromatic heterocycles. The van der Waals surface area contributed by atoms with Crippen molar-refractivity contribution in [3.8, 4) is 5.75 Å². The highest BCUT2D eigenvalue weighted by Crippen LogP contribution is 2.40. The van der Waals surface area contributed by atoms with Gasteiger partial charge in [-0.15, -0.1) is 0 Å². The summed E-state index contributed by atoms with van der Waals surface area (Å²) in [5.41, 5.74) is 1.01. The van der Waals surface area contributed by atoms with Gasteiger partial charge in [-0.3, -0.25) is 14.4 Å². The summed E-state index contributed by atoms with van der Waals surface area (Å²) in [6.07, 6.45) is 7.53. The number of rotatable bonds is 7. The number of nitrogens with one attached hydrogen (secondary N) is 1. The van der Waals surface area contributed by atoms with E-state index in [2.05, 4.69) is 5.32 Å². The summed E-state index contributed by atoms with van der Waals surface area (Å²) >= 11 is 0. The fraction of sp³-hybridized carbons (Fsp3) is 0.423. The van der Waals surface area contributed by atoms with E-state index in [1.165, 1.54) is 12.3 Å². The minimum absolute atomic E-state index is 0.0252. The monoisotopic (exact) mass is 465 g/mol. The van der Waals surface area contributed by atoms with Crippen molar-refractivity contribution in [1.82, 2.24) is 15.1 Å². The van der Waals surface area contributed by atoms with E-state index in [0.717, 1.165) is 30.6 Å². The van der Waals surface area contributed by atoms with Gasteiger partial charge in [-0.2, -0.15) is 0 Å². The van der Waals surface area contributed by atoms with Gasteiger partial charge in [0.25, 0.3) is 0 Å². The average Bonchev–Trinajstić information content (AvgIpc) is 3.52. The Bertz CT molecular complexity index is 1040. The molecule has 8 heteroatoms. The number of carbonyl (C=O) groups is 3. The van der Waals surface area contributed by atoms with Gasteiger partial charge in [-0.1, -0.05) is 12.1 Å². The van der Waals surface area contributed by atoms with Gasteiger partial charge in [0, 0.05) is 32.3 Å². The summed E-state index contributed by atoms with van der Waals surface area (Å²) in [6, 6.07) is 11.1. The number of furan rings is 1. The first-order valence-electron chi connectivity index (χ1n) is 11.6. The minimum atomic E-state index is -0.332. The number of nitrogens with zero attached hydrogens (tertiary/aromatic N) is 2. The van der Waals surface area contributed by atoms with Crippen LogP contribution in [0.5, 0.6) is 5.75 Å². The molecule has 1 aromatic carbocycles. The molecule has 0 bridgehead atoms. The van der Waals surface area contributed by atoms with Crippen molar-refractivity contribution in [1.29, 1.82) is 0 Å². The molecule has 2 aliphatic heterocycles. The summed E-state index contributed by atoms with van der Waals surface area (Å²) in [4.78, 5) is 41.2. The molecule has 3 heterocycles. The lowest BCUT2D eigenvalue weighted by Crippen LogP contribution is -2.46. The number of ether oxygens (including phenoxy) is 1. The second-order valence-electron chi connectivity index (χ2n) is 9.04. The number of benzene rings is 1. The van der Waals surface area contributed by atoms with E-state index >= 15 is 0 Å². The van der Waals surface area contributed by atoms with Gasteiger partial charge in [0.1, 0.15) is 11.5 Å². The Morgan fingerprint density at radius 1 is 1.06 bits per heavy atom. The van der Waals surface area contributed by atoms with Gasteiger partial charge in [0.05, 0.1) is 26.3 Å². The second-order valence-corrected chi connectivity index (χ2v) is 9.04. The number of amides is 3. The van der Waals surface area contributed by atoms with Crippen molar-refractivity contribution in [2.24, 2.45) is 5.41 Å². The number of piperidine rings is 1. The molecule has 2 aromatic rings. The smallest absolute Gasteiger partial charge is 0.244 e. The molecule has 4 rings (SSSR count). The van der Waals surface area contributed by atoms with Crippen molar-refractivity contribution in [2.45, 2.75) is 25.7 Å². The maximum atomic E-state index is 12.8. The van der Waals surface area contributed by atoms with Crippen molar-refractivity contribution in [3.63, 3.8) is 0 Å². The van der Waals surface area contributed by atoms with Crippen molar-refractivity contribution >= 4 is 23.8 Å². The number of likely N-dealkylation sites (tertiary alicyclic amines) is 2. The Morgan fingerprint density at radius 3 is 2.53 bits per heavy atom. The summed E-state index contributed by atoms with van der Waals surface area (Å²) in [7, 11) is 1.62. The number of carbonyl (C=O) groups excluding carboxylic acids is 3. The Labute approximate surface area is 199 Å². The van der Waals surface area contributed by atoms with Crippen LogP contribution >= 0.6 is 0 Å². The van der Waals surface area contributed by atoms with E-state index in [4.69, 9.17) is 9.15 Å². The third-order valence-corrected chi connectivity index (χ3v) is 6.81. The van der Waals surface area contributed by atoms with Crippen LogP contribution in [-0.4, -0.2) is 67.4 Å². The molecular weight excluding hydrogens is 434 g/mol. The first-order valence-corrected chi connectivity index (χ1v) is 11.6. The molecular formula is C26H31N3O5. The van der Waals surface area contributed by atoms with Gasteiger partial charge < -0.3 is 24.3 Å². The van der Waals surface area contributed by atoms with E-state index in [9.17, 15) is 14.4 Å². The van der Waals surface area contributed by atoms with Gasteiger partial charge in [-0.05, 0) is 60.6 Å². The van der Waals surface area contributed by atoms with Crippen LogP contribution in [0.25, 0.3) is 6.08 Å². The van der Waals surface area contributed by atoms with Gasteiger partial charge in [0.15, 0.2) is 0 Å². The Balaban J connectivity index is 1.21. The summed E-state index contributed by atoms with van der Waals surface area (Å²) < 4.78 is 10.4. The molecule has 0 unspecified atom stereocenters. The fourth-order valence-corrected chi connectivity index (χ4v) is 4.73. The molecule has 0 atom stereocenters. The van der Waals surface area contributed by atoms with Crippen LogP contribution in [0.4, 0.5) is 0 Å². The van der Waals surface area contributed by atoms with Crippen LogP contribution in [0, 0.1) is 5.41 Å². The lowest BCUT2D eigenvalue weighted by Gasteiger charge is -2.39. The summed E-state index contributed by atoms with van der Waals surface area (Å²) in [5, 5.41) is 2.65. The predicted molar refractivity (Wildman–Crippen MR) is 127 cm³/mol. The third-order valence-electron chi connectivity index (χ3n) is 6.81. The average molecular weight is 466 g/mol. The van der Waals surface area contributed by atoms with Crippen LogP contribution < -0.4 is 10.1 Å². The Hall–Kier alpha value is -3.55. The molecule has 180 valence electrons. The Kier molecular flexibility index (Phi) is 7.35. The summed E-state index contributed by atoms with van der Waals surface area (Å²) in [5.74, 6) is 1.05. The third kappa shape index (κ3) is 5.87. The zero-order chi connectivity index (χ0) is 24.0. The quantitative estimate of drug-likeness (QED) is 0.635. The standard InChI is InChI=1S/C26H31N3O5/c1-33-22-5-2-4-20(16-22)17-24(31)28-12-9-26(10-13-28)11-14-29(19-26)25(32)18-27-23(30)8-7-21-6-3-15-34-21/h2-8,15-16H,9-14,17-19H2,1H3,(H,27,30). The lowest BCUT2D eigenvalue weighted by atomic mass is 9.77. The van der Waals surface area contributed by atoms with E-state index in [1.54, 1.807) is 25.3 Å². The summed E-state index contributed by atoms with van der Waals surface area (Å²) in [6.45, 7) is 2.76. The highest BCUT2D eigenvalue weighted by molar-refractivity contribution is 5.94. The largest absolute Gasteiger partial charge is 0.497 e. The van der Waals surface area contributed by atoms with E-state index < -0.39 is 0 Å². The van der Waals surface area contributed by atoms with Gasteiger partial charge >= 0.3 is 0 Å². The van der Waals surface area contributed by atoms with Crippen LogP contribution in [0.3, 0.4) is 0 Å². The molecule has 1 spiro atoms. The van der Waals surface area contributed by atoms with Crippen molar-refractivity contribution < 1.29 is 23.5 Å². The van der Waals surface area contributed by atoms with E-state index in [0.29, 0.717) is 38.4 Å². The molecule has 0 saturated carbocycles.